The number of aryl methyl sites for hydroxylation is 2. The molecule has 0 saturated carbocycles. The lowest BCUT2D eigenvalue weighted by Crippen LogP contribution is -2.51. The number of nitrogens with zero attached hydrogens (tertiary/aromatic N) is 3. The zero-order valence-electron chi connectivity index (χ0n) is 14.9. The van der Waals surface area contributed by atoms with Crippen molar-refractivity contribution in [3.8, 4) is 11.5 Å². The van der Waals surface area contributed by atoms with Gasteiger partial charge in [-0.1, -0.05) is 17.8 Å². The van der Waals surface area contributed by atoms with E-state index in [0.717, 1.165) is 24.0 Å². The Balaban J connectivity index is 1.63. The Hall–Kier alpha value is -2.35. The number of rotatable bonds is 5. The third-order valence-corrected chi connectivity index (χ3v) is 5.43. The molecule has 0 spiro atoms. The monoisotopic (exact) mass is 374 g/mol. The fourth-order valence-electron chi connectivity index (χ4n) is 2.99. The molecule has 2 aromatic rings. The van der Waals surface area contributed by atoms with Crippen LogP contribution in [0.5, 0.6) is 0 Å². The van der Waals surface area contributed by atoms with Gasteiger partial charge in [0.05, 0.1) is 5.75 Å². The summed E-state index contributed by atoms with van der Waals surface area (Å²) >= 11 is 1.18. The number of likely N-dealkylation sites (tertiary alicyclic amines) is 1. The number of nitrogens with two attached hydrogens (primary N) is 1. The lowest BCUT2D eigenvalue weighted by atomic mass is 10.0. The zero-order valence-corrected chi connectivity index (χ0v) is 15.7. The van der Waals surface area contributed by atoms with Gasteiger partial charge in [0, 0.05) is 12.1 Å². The molecule has 1 aliphatic heterocycles. The second kappa shape index (κ2) is 7.90. The van der Waals surface area contributed by atoms with E-state index in [2.05, 4.69) is 10.2 Å². The smallest absolute Gasteiger partial charge is 0.277 e. The van der Waals surface area contributed by atoms with E-state index in [9.17, 15) is 9.59 Å². The highest BCUT2D eigenvalue weighted by Gasteiger charge is 2.30. The van der Waals surface area contributed by atoms with Gasteiger partial charge < -0.3 is 15.1 Å². The lowest BCUT2D eigenvalue weighted by Gasteiger charge is -2.33. The van der Waals surface area contributed by atoms with Crippen LogP contribution in [0, 0.1) is 13.8 Å². The van der Waals surface area contributed by atoms with Gasteiger partial charge in [0.1, 0.15) is 6.04 Å². The number of aromatic nitrogens is 2. The van der Waals surface area contributed by atoms with E-state index in [4.69, 9.17) is 10.2 Å². The Morgan fingerprint density at radius 3 is 2.81 bits per heavy atom. The lowest BCUT2D eigenvalue weighted by molar-refractivity contribution is -0.138. The Labute approximate surface area is 156 Å². The van der Waals surface area contributed by atoms with Crippen molar-refractivity contribution in [2.75, 3.05) is 12.3 Å². The second-order valence-electron chi connectivity index (χ2n) is 6.46. The minimum Gasteiger partial charge on any atom is -0.411 e. The average molecular weight is 374 g/mol. The number of carbonyl (C=O) groups excluding carboxylic acids is 2. The standard InChI is InChI=1S/C18H22N4O3S/c1-11-6-7-13(9-12(11)2)17-20-21-18(25-17)26-10-15(23)22-8-4-3-5-14(22)16(19)24/h6-7,9,14H,3-5,8,10H2,1-2H3,(H2,19,24)/t14-/m1/s1. The van der Waals surface area contributed by atoms with Crippen LogP contribution in [0.2, 0.25) is 0 Å². The van der Waals surface area contributed by atoms with Crippen LogP contribution < -0.4 is 5.73 Å². The Morgan fingerprint density at radius 2 is 2.08 bits per heavy atom. The van der Waals surface area contributed by atoms with Crippen LogP contribution in [-0.4, -0.2) is 45.3 Å². The summed E-state index contributed by atoms with van der Waals surface area (Å²) in [7, 11) is 0. The summed E-state index contributed by atoms with van der Waals surface area (Å²) < 4.78 is 5.65. The molecule has 1 aliphatic rings. The highest BCUT2D eigenvalue weighted by molar-refractivity contribution is 7.99. The summed E-state index contributed by atoms with van der Waals surface area (Å²) in [6, 6.07) is 5.42. The average Bonchev–Trinajstić information content (AvgIpc) is 3.11. The Kier molecular flexibility index (Phi) is 5.61. The Bertz CT molecular complexity index is 821. The molecule has 0 aliphatic carbocycles. The predicted molar refractivity (Wildman–Crippen MR) is 98.5 cm³/mol. The minimum atomic E-state index is -0.509. The second-order valence-corrected chi connectivity index (χ2v) is 7.39. The molecule has 1 saturated heterocycles. The van der Waals surface area contributed by atoms with Gasteiger partial charge in [-0.3, -0.25) is 9.59 Å². The van der Waals surface area contributed by atoms with Crippen molar-refractivity contribution in [1.29, 1.82) is 0 Å². The fourth-order valence-corrected chi connectivity index (χ4v) is 3.64. The third kappa shape index (κ3) is 4.07. The van der Waals surface area contributed by atoms with Gasteiger partial charge >= 0.3 is 0 Å². The van der Waals surface area contributed by atoms with Crippen LogP contribution in [0.1, 0.15) is 30.4 Å². The summed E-state index contributed by atoms with van der Waals surface area (Å²) in [4.78, 5) is 25.6. The molecular weight excluding hydrogens is 352 g/mol. The van der Waals surface area contributed by atoms with Crippen LogP contribution in [-0.2, 0) is 9.59 Å². The quantitative estimate of drug-likeness (QED) is 0.806. The van der Waals surface area contributed by atoms with Crippen molar-refractivity contribution in [2.45, 2.75) is 44.4 Å². The molecule has 2 heterocycles. The minimum absolute atomic E-state index is 0.135. The van der Waals surface area contributed by atoms with Crippen LogP contribution in [0.25, 0.3) is 11.5 Å². The first-order valence-corrected chi connectivity index (χ1v) is 9.57. The highest BCUT2D eigenvalue weighted by Crippen LogP contribution is 2.26. The van der Waals surface area contributed by atoms with Gasteiger partial charge in [-0.15, -0.1) is 10.2 Å². The molecule has 0 unspecified atom stereocenters. The Morgan fingerprint density at radius 1 is 1.27 bits per heavy atom. The molecule has 3 rings (SSSR count). The molecule has 1 atom stereocenters. The summed E-state index contributed by atoms with van der Waals surface area (Å²) in [5, 5.41) is 8.39. The fraction of sp³-hybridized carbons (Fsp3) is 0.444. The van der Waals surface area contributed by atoms with Crippen molar-refractivity contribution < 1.29 is 14.0 Å². The normalized spacial score (nSPS) is 17.3. The number of thioether (sulfide) groups is 1. The van der Waals surface area contributed by atoms with Crippen molar-refractivity contribution in [3.05, 3.63) is 29.3 Å². The van der Waals surface area contributed by atoms with E-state index in [1.54, 1.807) is 4.90 Å². The number of piperidine rings is 1. The summed E-state index contributed by atoms with van der Waals surface area (Å²) in [6.45, 7) is 4.63. The van der Waals surface area contributed by atoms with E-state index >= 15 is 0 Å². The maximum atomic E-state index is 12.5. The molecule has 7 nitrogen and oxygen atoms in total. The van der Waals surface area contributed by atoms with E-state index in [0.29, 0.717) is 24.1 Å². The van der Waals surface area contributed by atoms with Crippen LogP contribution in [0.3, 0.4) is 0 Å². The molecule has 0 radical (unpaired) electrons. The van der Waals surface area contributed by atoms with Crippen LogP contribution in [0.4, 0.5) is 0 Å². The SMILES string of the molecule is Cc1ccc(-c2nnc(SCC(=O)N3CCCC[C@@H]3C(N)=O)o2)cc1C. The van der Waals surface area contributed by atoms with Gasteiger partial charge in [0.25, 0.3) is 5.22 Å². The van der Waals surface area contributed by atoms with Gasteiger partial charge in [-0.2, -0.15) is 0 Å². The molecule has 1 aromatic carbocycles. The topological polar surface area (TPSA) is 102 Å². The van der Waals surface area contributed by atoms with Crippen molar-refractivity contribution in [2.24, 2.45) is 5.73 Å². The number of benzene rings is 1. The molecule has 2 amide bonds. The molecule has 8 heteroatoms. The highest BCUT2D eigenvalue weighted by atomic mass is 32.2. The molecule has 26 heavy (non-hydrogen) atoms. The van der Waals surface area contributed by atoms with Crippen molar-refractivity contribution in [1.82, 2.24) is 15.1 Å². The van der Waals surface area contributed by atoms with Gasteiger partial charge in [0.2, 0.25) is 17.7 Å². The van der Waals surface area contributed by atoms with Crippen molar-refractivity contribution >= 4 is 23.6 Å². The van der Waals surface area contributed by atoms with Crippen molar-refractivity contribution in [3.63, 3.8) is 0 Å². The summed E-state index contributed by atoms with van der Waals surface area (Å²) in [5.41, 5.74) is 8.60. The van der Waals surface area contributed by atoms with E-state index < -0.39 is 11.9 Å². The summed E-state index contributed by atoms with van der Waals surface area (Å²) in [5.74, 6) is -0.0171. The number of hydrogen-bond donors (Lipinski definition) is 1. The summed E-state index contributed by atoms with van der Waals surface area (Å²) in [6.07, 6.45) is 2.43. The van der Waals surface area contributed by atoms with E-state index in [1.807, 2.05) is 32.0 Å². The number of carbonyl (C=O) groups is 2. The van der Waals surface area contributed by atoms with Crippen LogP contribution in [0.15, 0.2) is 27.8 Å². The van der Waals surface area contributed by atoms with E-state index in [1.165, 1.54) is 17.3 Å². The van der Waals surface area contributed by atoms with Gasteiger partial charge in [-0.05, 0) is 56.4 Å². The molecule has 0 bridgehead atoms. The van der Waals surface area contributed by atoms with E-state index in [-0.39, 0.29) is 11.7 Å². The predicted octanol–water partition coefficient (Wildman–Crippen LogP) is 2.31. The number of hydrogen-bond acceptors (Lipinski definition) is 6. The first-order chi connectivity index (χ1) is 12.5. The molecular formula is C18H22N4O3S. The van der Waals surface area contributed by atoms with Crippen LogP contribution >= 0.6 is 11.8 Å². The molecule has 1 fully saturated rings. The molecule has 1 aromatic heterocycles. The third-order valence-electron chi connectivity index (χ3n) is 4.63. The maximum Gasteiger partial charge on any atom is 0.277 e. The zero-order chi connectivity index (χ0) is 18.7. The first kappa shape index (κ1) is 18.4. The number of primary amides is 1. The van der Waals surface area contributed by atoms with Gasteiger partial charge in [0.15, 0.2) is 0 Å². The first-order valence-electron chi connectivity index (χ1n) is 8.58. The molecule has 138 valence electrons. The number of amides is 2. The van der Waals surface area contributed by atoms with Gasteiger partial charge in [-0.25, -0.2) is 0 Å². The largest absolute Gasteiger partial charge is 0.411 e. The maximum absolute atomic E-state index is 12.5. The molecule has 2 N–H and O–H groups in total.